The third kappa shape index (κ3) is 3.02. The van der Waals surface area contributed by atoms with Gasteiger partial charge in [-0.2, -0.15) is 0 Å². The third-order valence-electron chi connectivity index (χ3n) is 4.37. The number of anilines is 1. The zero-order valence-corrected chi connectivity index (χ0v) is 14.8. The molecule has 5 rings (SSSR count). The molecule has 0 atom stereocenters. The smallest absolute Gasteiger partial charge is 0.368 e. The maximum Gasteiger partial charge on any atom is 0.368 e. The molecule has 0 aliphatic heterocycles. The maximum absolute atomic E-state index is 12.4. The molecular formula is C21H12N4O4. The van der Waals surface area contributed by atoms with Gasteiger partial charge in [0, 0.05) is 10.9 Å². The van der Waals surface area contributed by atoms with Crippen LogP contribution >= 0.6 is 0 Å². The van der Waals surface area contributed by atoms with E-state index in [-0.39, 0.29) is 17.6 Å². The average Bonchev–Trinajstić information content (AvgIpc) is 3.22. The highest BCUT2D eigenvalue weighted by molar-refractivity contribution is 6.04. The molecule has 0 unspecified atom stereocenters. The molecule has 0 aliphatic rings. The summed E-state index contributed by atoms with van der Waals surface area (Å²) in [5.41, 5.74) is 0.460. The van der Waals surface area contributed by atoms with E-state index in [1.807, 2.05) is 30.3 Å². The van der Waals surface area contributed by atoms with Crippen LogP contribution in [0.25, 0.3) is 33.5 Å². The van der Waals surface area contributed by atoms with E-state index in [0.717, 1.165) is 10.8 Å². The van der Waals surface area contributed by atoms with Crippen molar-refractivity contribution in [3.63, 3.8) is 0 Å². The van der Waals surface area contributed by atoms with Gasteiger partial charge in [0.2, 0.25) is 5.69 Å². The average molecular weight is 384 g/mol. The van der Waals surface area contributed by atoms with Gasteiger partial charge in [0.25, 0.3) is 11.8 Å². The van der Waals surface area contributed by atoms with Crippen molar-refractivity contribution < 1.29 is 13.6 Å². The number of carbonyl (C=O) groups excluding carboxylic acids is 1. The summed E-state index contributed by atoms with van der Waals surface area (Å²) in [5.74, 6) is -0.553. The van der Waals surface area contributed by atoms with Crippen molar-refractivity contribution in [2.45, 2.75) is 0 Å². The molecule has 5 aromatic rings. The Labute approximate surface area is 162 Å². The number of amides is 1. The summed E-state index contributed by atoms with van der Waals surface area (Å²) in [6, 6.07) is 19.6. The van der Waals surface area contributed by atoms with Gasteiger partial charge in [-0.05, 0) is 23.6 Å². The van der Waals surface area contributed by atoms with Crippen LogP contribution < -0.4 is 10.9 Å². The molecule has 29 heavy (non-hydrogen) atoms. The van der Waals surface area contributed by atoms with Gasteiger partial charge in [-0.15, -0.1) is 5.10 Å². The maximum atomic E-state index is 12.4. The second-order valence-electron chi connectivity index (χ2n) is 6.22. The lowest BCUT2D eigenvalue weighted by Crippen LogP contribution is -2.11. The van der Waals surface area contributed by atoms with Crippen LogP contribution in [0.2, 0.25) is 0 Å². The highest BCUT2D eigenvalue weighted by Crippen LogP contribution is 2.25. The SMILES string of the molecule is O=C(Nc1nnc(-c2nc3c(ccc4ccccc43)oc2=O)o1)c1ccccc1. The van der Waals surface area contributed by atoms with Gasteiger partial charge in [-0.1, -0.05) is 53.6 Å². The van der Waals surface area contributed by atoms with Gasteiger partial charge in [0.1, 0.15) is 5.52 Å². The largest absolute Gasteiger partial charge is 0.419 e. The summed E-state index contributed by atoms with van der Waals surface area (Å²) in [6.45, 7) is 0. The van der Waals surface area contributed by atoms with Crippen LogP contribution in [0, 0.1) is 0 Å². The fraction of sp³-hybridized carbons (Fsp3) is 0. The number of nitrogens with one attached hydrogen (secondary N) is 1. The van der Waals surface area contributed by atoms with Crippen LogP contribution in [-0.2, 0) is 0 Å². The van der Waals surface area contributed by atoms with Crippen LogP contribution in [0.4, 0.5) is 6.01 Å². The Morgan fingerprint density at radius 3 is 2.52 bits per heavy atom. The van der Waals surface area contributed by atoms with Crippen LogP contribution in [0.1, 0.15) is 10.4 Å². The van der Waals surface area contributed by atoms with Crippen molar-refractivity contribution in [1.29, 1.82) is 0 Å². The van der Waals surface area contributed by atoms with Gasteiger partial charge >= 0.3 is 11.6 Å². The first-order chi connectivity index (χ1) is 14.2. The standard InChI is InChI=1S/C21H12N4O4/c26-18(13-7-2-1-3-8-13)23-21-25-24-19(29-21)17-20(27)28-15-11-10-12-6-4-5-9-14(12)16(15)22-17/h1-11H,(H,23,25,26). The topological polar surface area (TPSA) is 111 Å². The molecule has 3 aromatic carbocycles. The first-order valence-corrected chi connectivity index (χ1v) is 8.72. The van der Waals surface area contributed by atoms with Crippen LogP contribution in [0.3, 0.4) is 0 Å². The Bertz CT molecular complexity index is 1420. The van der Waals surface area contributed by atoms with Crippen molar-refractivity contribution in [1.82, 2.24) is 15.2 Å². The van der Waals surface area contributed by atoms with Crippen molar-refractivity contribution >= 4 is 33.8 Å². The Balaban J connectivity index is 1.54. The molecule has 0 bridgehead atoms. The summed E-state index contributed by atoms with van der Waals surface area (Å²) in [4.78, 5) is 29.0. The first-order valence-electron chi connectivity index (χ1n) is 8.72. The highest BCUT2D eigenvalue weighted by atomic mass is 16.4. The van der Waals surface area contributed by atoms with E-state index in [4.69, 9.17) is 8.83 Å². The fourth-order valence-corrected chi connectivity index (χ4v) is 3.00. The van der Waals surface area contributed by atoms with E-state index < -0.39 is 11.5 Å². The fourth-order valence-electron chi connectivity index (χ4n) is 3.00. The normalized spacial score (nSPS) is 11.0. The number of fused-ring (bicyclic) bond motifs is 3. The second kappa shape index (κ2) is 6.68. The molecular weight excluding hydrogens is 372 g/mol. The van der Waals surface area contributed by atoms with Gasteiger partial charge < -0.3 is 8.83 Å². The Morgan fingerprint density at radius 1 is 0.862 bits per heavy atom. The number of hydrogen-bond donors (Lipinski definition) is 1. The minimum Gasteiger partial charge on any atom is -0.419 e. The lowest BCUT2D eigenvalue weighted by Gasteiger charge is -2.02. The van der Waals surface area contributed by atoms with E-state index in [1.54, 1.807) is 36.4 Å². The molecule has 1 N–H and O–H groups in total. The van der Waals surface area contributed by atoms with Gasteiger partial charge in [0.15, 0.2) is 5.58 Å². The molecule has 1 amide bonds. The zero-order chi connectivity index (χ0) is 19.8. The van der Waals surface area contributed by atoms with Crippen LogP contribution in [-0.4, -0.2) is 21.1 Å². The van der Waals surface area contributed by atoms with Crippen molar-refractivity contribution in [3.05, 3.63) is 82.7 Å². The van der Waals surface area contributed by atoms with Gasteiger partial charge in [-0.25, -0.2) is 9.78 Å². The van der Waals surface area contributed by atoms with Crippen molar-refractivity contribution in [2.24, 2.45) is 0 Å². The lowest BCUT2D eigenvalue weighted by atomic mass is 10.1. The predicted molar refractivity (Wildman–Crippen MR) is 105 cm³/mol. The third-order valence-corrected chi connectivity index (χ3v) is 4.37. The quantitative estimate of drug-likeness (QED) is 0.473. The molecule has 140 valence electrons. The first kappa shape index (κ1) is 16.8. The van der Waals surface area contributed by atoms with E-state index in [9.17, 15) is 9.59 Å². The molecule has 0 spiro atoms. The van der Waals surface area contributed by atoms with E-state index in [2.05, 4.69) is 20.5 Å². The molecule has 8 nitrogen and oxygen atoms in total. The lowest BCUT2D eigenvalue weighted by molar-refractivity contribution is 0.102. The van der Waals surface area contributed by atoms with Crippen LogP contribution in [0.5, 0.6) is 0 Å². The van der Waals surface area contributed by atoms with Crippen molar-refractivity contribution in [2.75, 3.05) is 5.32 Å². The Hall–Kier alpha value is -4.33. The molecule has 0 radical (unpaired) electrons. The minimum atomic E-state index is -0.711. The summed E-state index contributed by atoms with van der Waals surface area (Å²) in [7, 11) is 0. The molecule has 2 aromatic heterocycles. The van der Waals surface area contributed by atoms with E-state index in [1.165, 1.54) is 0 Å². The minimum absolute atomic E-state index is 0.124. The van der Waals surface area contributed by atoms with Crippen molar-refractivity contribution in [3.8, 4) is 11.6 Å². The highest BCUT2D eigenvalue weighted by Gasteiger charge is 2.19. The second-order valence-corrected chi connectivity index (χ2v) is 6.22. The number of aromatic nitrogens is 3. The van der Waals surface area contributed by atoms with Gasteiger partial charge in [0.05, 0.1) is 0 Å². The zero-order valence-electron chi connectivity index (χ0n) is 14.8. The van der Waals surface area contributed by atoms with Crippen LogP contribution in [0.15, 0.2) is 80.4 Å². The molecule has 0 fully saturated rings. The number of rotatable bonds is 3. The number of carbonyl (C=O) groups is 1. The molecule has 8 heteroatoms. The number of nitrogens with zero attached hydrogens (tertiary/aromatic N) is 3. The molecule has 0 saturated heterocycles. The van der Waals surface area contributed by atoms with Gasteiger partial charge in [-0.3, -0.25) is 10.1 Å². The summed E-state index contributed by atoms with van der Waals surface area (Å²) < 4.78 is 10.8. The summed E-state index contributed by atoms with van der Waals surface area (Å²) >= 11 is 0. The summed E-state index contributed by atoms with van der Waals surface area (Å²) in [6.07, 6.45) is 0. The summed E-state index contributed by atoms with van der Waals surface area (Å²) in [5, 5.41) is 11.9. The Morgan fingerprint density at radius 2 is 1.66 bits per heavy atom. The monoisotopic (exact) mass is 384 g/mol. The Kier molecular flexibility index (Phi) is 3.87. The number of hydrogen-bond acceptors (Lipinski definition) is 7. The molecule has 0 aliphatic carbocycles. The van der Waals surface area contributed by atoms with E-state index >= 15 is 0 Å². The number of benzene rings is 3. The molecule has 2 heterocycles. The molecule has 0 saturated carbocycles. The van der Waals surface area contributed by atoms with E-state index in [0.29, 0.717) is 16.7 Å². The predicted octanol–water partition coefficient (Wildman–Crippen LogP) is 3.64.